The summed E-state index contributed by atoms with van der Waals surface area (Å²) in [6, 6.07) is 15.3. The van der Waals surface area contributed by atoms with Crippen molar-refractivity contribution in [3.8, 4) is 11.1 Å². The SMILES string of the molecule is Cc1ccc(-c2c(C)sc3nc(CN4CCN(C(=O)c5cccc(Cl)c5)CC4)[nH]c(=O)c23)cc1. The van der Waals surface area contributed by atoms with Crippen molar-refractivity contribution in [1.29, 1.82) is 0 Å². The molecule has 0 unspecified atom stereocenters. The quantitative estimate of drug-likeness (QED) is 0.441. The molecule has 1 N–H and O–H groups in total. The van der Waals surface area contributed by atoms with Gasteiger partial charge >= 0.3 is 0 Å². The zero-order valence-electron chi connectivity index (χ0n) is 19.1. The molecule has 6 nitrogen and oxygen atoms in total. The minimum atomic E-state index is -0.102. The minimum Gasteiger partial charge on any atom is -0.336 e. The molecule has 1 fully saturated rings. The van der Waals surface area contributed by atoms with Gasteiger partial charge in [0.15, 0.2) is 0 Å². The van der Waals surface area contributed by atoms with Crippen molar-refractivity contribution in [2.24, 2.45) is 0 Å². The first-order chi connectivity index (χ1) is 16.4. The van der Waals surface area contributed by atoms with Crippen LogP contribution in [0, 0.1) is 13.8 Å². The molecular weight excluding hydrogens is 468 g/mol. The number of carbonyl (C=O) groups is 1. The van der Waals surface area contributed by atoms with Gasteiger partial charge in [0.25, 0.3) is 11.5 Å². The van der Waals surface area contributed by atoms with E-state index in [-0.39, 0.29) is 11.5 Å². The average Bonchev–Trinajstić information content (AvgIpc) is 3.16. The van der Waals surface area contributed by atoms with Crippen LogP contribution in [0.4, 0.5) is 0 Å². The zero-order valence-corrected chi connectivity index (χ0v) is 20.7. The van der Waals surface area contributed by atoms with Crippen LogP contribution in [0.3, 0.4) is 0 Å². The first-order valence-electron chi connectivity index (χ1n) is 11.3. The molecular formula is C26H25ClN4O2S. The van der Waals surface area contributed by atoms with Crippen LogP contribution < -0.4 is 5.56 Å². The highest BCUT2D eigenvalue weighted by atomic mass is 35.5. The summed E-state index contributed by atoms with van der Waals surface area (Å²) in [7, 11) is 0. The van der Waals surface area contributed by atoms with E-state index < -0.39 is 0 Å². The van der Waals surface area contributed by atoms with Gasteiger partial charge in [0.05, 0.1) is 11.9 Å². The Morgan fingerprint density at radius 2 is 1.82 bits per heavy atom. The van der Waals surface area contributed by atoms with Gasteiger partial charge < -0.3 is 9.88 Å². The maximum Gasteiger partial charge on any atom is 0.260 e. The van der Waals surface area contributed by atoms with E-state index in [0.717, 1.165) is 20.8 Å². The Labute approximate surface area is 206 Å². The Morgan fingerprint density at radius 1 is 1.09 bits per heavy atom. The number of hydrogen-bond acceptors (Lipinski definition) is 5. The Morgan fingerprint density at radius 3 is 2.53 bits per heavy atom. The van der Waals surface area contributed by atoms with Crippen molar-refractivity contribution in [3.63, 3.8) is 0 Å². The van der Waals surface area contributed by atoms with Crippen molar-refractivity contribution < 1.29 is 4.79 Å². The number of H-pyrrole nitrogens is 1. The van der Waals surface area contributed by atoms with Crippen LogP contribution in [-0.4, -0.2) is 51.9 Å². The predicted molar refractivity (Wildman–Crippen MR) is 138 cm³/mol. The van der Waals surface area contributed by atoms with E-state index in [2.05, 4.69) is 41.1 Å². The van der Waals surface area contributed by atoms with Crippen LogP contribution in [0.1, 0.15) is 26.6 Å². The van der Waals surface area contributed by atoms with Crippen LogP contribution in [0.5, 0.6) is 0 Å². The highest BCUT2D eigenvalue weighted by Gasteiger charge is 2.23. The molecule has 34 heavy (non-hydrogen) atoms. The zero-order chi connectivity index (χ0) is 23.8. The second-order valence-corrected chi connectivity index (χ2v) is 10.3. The molecule has 1 aliphatic heterocycles. The largest absolute Gasteiger partial charge is 0.336 e. The fourth-order valence-corrected chi connectivity index (χ4v) is 5.69. The lowest BCUT2D eigenvalue weighted by Gasteiger charge is -2.34. The van der Waals surface area contributed by atoms with Gasteiger partial charge in [-0.3, -0.25) is 14.5 Å². The highest BCUT2D eigenvalue weighted by Crippen LogP contribution is 2.35. The number of thiophene rings is 1. The second kappa shape index (κ2) is 9.33. The summed E-state index contributed by atoms with van der Waals surface area (Å²) in [6.07, 6.45) is 0. The number of amides is 1. The summed E-state index contributed by atoms with van der Waals surface area (Å²) in [5, 5.41) is 1.22. The number of piperazine rings is 1. The van der Waals surface area contributed by atoms with E-state index in [1.807, 2.05) is 11.8 Å². The summed E-state index contributed by atoms with van der Waals surface area (Å²) in [5.74, 6) is 0.650. The normalized spacial score (nSPS) is 14.6. The van der Waals surface area contributed by atoms with Crippen LogP contribution in [-0.2, 0) is 6.54 Å². The molecule has 2 aromatic carbocycles. The first-order valence-corrected chi connectivity index (χ1v) is 12.4. The number of fused-ring (bicyclic) bond motifs is 1. The number of carbonyl (C=O) groups excluding carboxylic acids is 1. The number of halogens is 1. The first kappa shape index (κ1) is 22.8. The molecule has 8 heteroatoms. The number of nitrogens with zero attached hydrogens (tertiary/aromatic N) is 3. The van der Waals surface area contributed by atoms with Crippen LogP contribution >= 0.6 is 22.9 Å². The van der Waals surface area contributed by atoms with Gasteiger partial charge in [0, 0.05) is 47.2 Å². The van der Waals surface area contributed by atoms with Crippen molar-refractivity contribution in [1.82, 2.24) is 19.8 Å². The summed E-state index contributed by atoms with van der Waals surface area (Å²) < 4.78 is 0. The number of aromatic amines is 1. The Hall–Kier alpha value is -3.00. The fourth-order valence-electron chi connectivity index (χ4n) is 4.43. The molecule has 5 rings (SSSR count). The lowest BCUT2D eigenvalue weighted by atomic mass is 10.0. The van der Waals surface area contributed by atoms with Gasteiger partial charge in [-0.15, -0.1) is 11.3 Å². The molecule has 0 saturated carbocycles. The van der Waals surface area contributed by atoms with Crippen molar-refractivity contribution >= 4 is 39.1 Å². The smallest absolute Gasteiger partial charge is 0.260 e. The Kier molecular flexibility index (Phi) is 6.25. The van der Waals surface area contributed by atoms with Gasteiger partial charge in [-0.05, 0) is 37.6 Å². The number of benzene rings is 2. The number of nitrogens with one attached hydrogen (secondary N) is 1. The maximum atomic E-state index is 13.1. The lowest BCUT2D eigenvalue weighted by molar-refractivity contribution is 0.0625. The molecule has 1 saturated heterocycles. The third-order valence-corrected chi connectivity index (χ3v) is 7.47. The molecule has 4 aromatic rings. The highest BCUT2D eigenvalue weighted by molar-refractivity contribution is 7.19. The number of aryl methyl sites for hydroxylation is 2. The molecule has 0 bridgehead atoms. The molecule has 3 heterocycles. The number of aromatic nitrogens is 2. The predicted octanol–water partition coefficient (Wildman–Crippen LogP) is 4.88. The summed E-state index contributed by atoms with van der Waals surface area (Å²) in [4.78, 5) is 39.5. The van der Waals surface area contributed by atoms with E-state index in [1.165, 1.54) is 5.56 Å². The summed E-state index contributed by atoms with van der Waals surface area (Å²) in [6.45, 7) is 7.30. The third kappa shape index (κ3) is 4.51. The Bertz CT molecular complexity index is 1420. The summed E-state index contributed by atoms with van der Waals surface area (Å²) in [5.41, 5.74) is 3.69. The van der Waals surface area contributed by atoms with Crippen molar-refractivity contribution in [2.45, 2.75) is 20.4 Å². The standard InChI is InChI=1S/C26H25ClN4O2S/c1-16-6-8-18(9-7-16)22-17(2)34-25-23(22)24(32)28-21(29-25)15-30-10-12-31(13-11-30)26(33)19-4-3-5-20(27)14-19/h3-9,14H,10-13,15H2,1-2H3,(H,28,29,32). The third-order valence-electron chi connectivity index (χ3n) is 6.23. The second-order valence-electron chi connectivity index (χ2n) is 8.67. The van der Waals surface area contributed by atoms with E-state index in [4.69, 9.17) is 16.6 Å². The van der Waals surface area contributed by atoms with Gasteiger partial charge in [-0.1, -0.05) is 47.5 Å². The lowest BCUT2D eigenvalue weighted by Crippen LogP contribution is -2.48. The average molecular weight is 493 g/mol. The van der Waals surface area contributed by atoms with Crippen LogP contribution in [0.2, 0.25) is 5.02 Å². The Balaban J connectivity index is 1.31. The van der Waals surface area contributed by atoms with E-state index in [9.17, 15) is 9.59 Å². The number of rotatable bonds is 4. The maximum absolute atomic E-state index is 13.1. The van der Waals surface area contributed by atoms with Gasteiger partial charge in [-0.25, -0.2) is 4.98 Å². The van der Waals surface area contributed by atoms with Gasteiger partial charge in [0.1, 0.15) is 10.7 Å². The molecule has 174 valence electrons. The summed E-state index contributed by atoms with van der Waals surface area (Å²) >= 11 is 7.59. The van der Waals surface area contributed by atoms with Crippen LogP contribution in [0.25, 0.3) is 21.3 Å². The van der Waals surface area contributed by atoms with E-state index in [0.29, 0.717) is 54.5 Å². The van der Waals surface area contributed by atoms with E-state index in [1.54, 1.807) is 35.6 Å². The molecule has 0 atom stereocenters. The van der Waals surface area contributed by atoms with Crippen molar-refractivity contribution in [3.05, 3.63) is 85.7 Å². The molecule has 2 aromatic heterocycles. The van der Waals surface area contributed by atoms with Crippen LogP contribution in [0.15, 0.2) is 53.3 Å². The molecule has 0 aliphatic carbocycles. The molecule has 0 radical (unpaired) electrons. The minimum absolute atomic E-state index is 0.00667. The number of hydrogen-bond donors (Lipinski definition) is 1. The van der Waals surface area contributed by atoms with Crippen molar-refractivity contribution in [2.75, 3.05) is 26.2 Å². The molecule has 0 spiro atoms. The van der Waals surface area contributed by atoms with Gasteiger partial charge in [0.2, 0.25) is 0 Å². The van der Waals surface area contributed by atoms with E-state index >= 15 is 0 Å². The van der Waals surface area contributed by atoms with Gasteiger partial charge in [-0.2, -0.15) is 0 Å². The fraction of sp³-hybridized carbons (Fsp3) is 0.269. The molecule has 1 aliphatic rings. The monoisotopic (exact) mass is 492 g/mol. The topological polar surface area (TPSA) is 69.3 Å². The molecule has 1 amide bonds.